The van der Waals surface area contributed by atoms with E-state index >= 15 is 0 Å². The molecule has 0 spiro atoms. The first kappa shape index (κ1) is 28.6. The van der Waals surface area contributed by atoms with Crippen molar-refractivity contribution in [2.24, 2.45) is 5.41 Å². The minimum absolute atomic E-state index is 0.0810. The fourth-order valence-electron chi connectivity index (χ4n) is 4.75. The topological polar surface area (TPSA) is 137 Å². The number of methoxy groups -OCH3 is 1. The highest BCUT2D eigenvalue weighted by Gasteiger charge is 2.66. The number of nitrogens with one attached hydrogen (secondary N) is 2. The molecule has 0 bridgehead atoms. The Morgan fingerprint density at radius 2 is 1.86 bits per heavy atom. The fraction of sp³-hybridized carbons (Fsp3) is 0.379. The summed E-state index contributed by atoms with van der Waals surface area (Å²) in [6.45, 7) is 6.69. The number of halogens is 3. The molecule has 1 aromatic carbocycles. The second-order valence-corrected chi connectivity index (χ2v) is 11.4. The van der Waals surface area contributed by atoms with E-state index in [-0.39, 0.29) is 35.4 Å². The highest BCUT2D eigenvalue weighted by molar-refractivity contribution is 5.99. The van der Waals surface area contributed by atoms with Crippen molar-refractivity contribution in [3.63, 3.8) is 0 Å². The minimum Gasteiger partial charge on any atom is -0.481 e. The summed E-state index contributed by atoms with van der Waals surface area (Å²) in [5.41, 5.74) is 0.433. The third-order valence-corrected chi connectivity index (χ3v) is 7.12. The molecule has 1 aliphatic rings. The van der Waals surface area contributed by atoms with Gasteiger partial charge >= 0.3 is 6.18 Å². The van der Waals surface area contributed by atoms with Crippen LogP contribution in [0.15, 0.2) is 42.9 Å². The van der Waals surface area contributed by atoms with Gasteiger partial charge in [-0.15, -0.1) is 5.10 Å². The predicted octanol–water partition coefficient (Wildman–Crippen LogP) is 5.68. The monoisotopic (exact) mass is 575 g/mol. The Kier molecular flexibility index (Phi) is 7.15. The number of pyridine rings is 2. The van der Waals surface area contributed by atoms with Crippen molar-refractivity contribution in [2.45, 2.75) is 51.4 Å². The Balaban J connectivity index is 1.64. The van der Waals surface area contributed by atoms with Gasteiger partial charge in [-0.1, -0.05) is 26.0 Å². The Labute approximate surface area is 240 Å². The lowest BCUT2D eigenvalue weighted by Crippen LogP contribution is -2.35. The van der Waals surface area contributed by atoms with Crippen molar-refractivity contribution in [3.05, 3.63) is 65.2 Å². The molecule has 1 saturated carbocycles. The first-order valence-corrected chi connectivity index (χ1v) is 13.2. The minimum atomic E-state index is -4.48. The van der Waals surface area contributed by atoms with Crippen LogP contribution in [-0.2, 0) is 5.54 Å². The molecule has 0 amide bonds. The van der Waals surface area contributed by atoms with E-state index in [1.807, 2.05) is 20.8 Å². The summed E-state index contributed by atoms with van der Waals surface area (Å²) in [6.07, 6.45) is -0.398. The summed E-state index contributed by atoms with van der Waals surface area (Å²) in [5.74, 6) is 0.240. The summed E-state index contributed by atoms with van der Waals surface area (Å²) in [7, 11) is 1.44. The van der Waals surface area contributed by atoms with E-state index in [2.05, 4.69) is 43.1 Å². The highest BCUT2D eigenvalue weighted by atomic mass is 19.4. The smallest absolute Gasteiger partial charge is 0.413 e. The van der Waals surface area contributed by atoms with Gasteiger partial charge in [-0.3, -0.25) is 4.98 Å². The second kappa shape index (κ2) is 10.5. The molecular weight excluding hydrogens is 547 g/mol. The average Bonchev–Trinajstić information content (AvgIpc) is 3.64. The maximum atomic E-state index is 13.8. The average molecular weight is 576 g/mol. The zero-order valence-corrected chi connectivity index (χ0v) is 23.4. The number of rotatable bonds is 8. The van der Waals surface area contributed by atoms with Crippen molar-refractivity contribution in [1.29, 1.82) is 10.5 Å². The molecule has 0 aliphatic heterocycles. The van der Waals surface area contributed by atoms with Crippen LogP contribution >= 0.6 is 0 Å². The SMILES string of the molecule is COc1ncccc1C(Nc1cc(C#N)c2ncc(C#N)c(NCC(C)(C)C)c2c1)c1cn(C2(C(F)(F)F)CC2)nn1. The summed E-state index contributed by atoms with van der Waals surface area (Å²) in [6, 6.07) is 10.2. The van der Waals surface area contributed by atoms with Crippen molar-refractivity contribution in [1.82, 2.24) is 25.0 Å². The second-order valence-electron chi connectivity index (χ2n) is 11.4. The summed E-state index contributed by atoms with van der Waals surface area (Å²) in [4.78, 5) is 8.63. The molecule has 13 heteroatoms. The van der Waals surface area contributed by atoms with Gasteiger partial charge in [0.15, 0.2) is 5.54 Å². The van der Waals surface area contributed by atoms with Gasteiger partial charge in [0.25, 0.3) is 0 Å². The van der Waals surface area contributed by atoms with E-state index in [0.717, 1.165) is 4.68 Å². The summed E-state index contributed by atoms with van der Waals surface area (Å²) >= 11 is 0. The van der Waals surface area contributed by atoms with Gasteiger partial charge in [-0.2, -0.15) is 23.7 Å². The number of hydrogen-bond acceptors (Lipinski definition) is 9. The zero-order chi connectivity index (χ0) is 30.3. The van der Waals surface area contributed by atoms with Crippen LogP contribution in [0.25, 0.3) is 10.9 Å². The Bertz CT molecular complexity index is 1720. The zero-order valence-electron chi connectivity index (χ0n) is 23.4. The van der Waals surface area contributed by atoms with Crippen LogP contribution in [0.4, 0.5) is 24.5 Å². The number of ether oxygens (including phenoxy) is 1. The van der Waals surface area contributed by atoms with Crippen molar-refractivity contribution >= 4 is 22.3 Å². The molecule has 3 heterocycles. The number of benzene rings is 1. The van der Waals surface area contributed by atoms with E-state index in [0.29, 0.717) is 39.9 Å². The largest absolute Gasteiger partial charge is 0.481 e. The summed E-state index contributed by atoms with van der Waals surface area (Å²) < 4.78 is 47.9. The number of alkyl halides is 3. The third-order valence-electron chi connectivity index (χ3n) is 7.12. The molecule has 42 heavy (non-hydrogen) atoms. The lowest BCUT2D eigenvalue weighted by Gasteiger charge is -2.23. The third kappa shape index (κ3) is 5.26. The number of hydrogen-bond donors (Lipinski definition) is 2. The van der Waals surface area contributed by atoms with Crippen LogP contribution < -0.4 is 15.4 Å². The van der Waals surface area contributed by atoms with Crippen molar-refractivity contribution < 1.29 is 17.9 Å². The molecule has 216 valence electrons. The van der Waals surface area contributed by atoms with Gasteiger partial charge in [-0.05, 0) is 42.5 Å². The van der Waals surface area contributed by atoms with Crippen molar-refractivity contribution in [3.8, 4) is 18.0 Å². The fourth-order valence-corrected chi connectivity index (χ4v) is 4.75. The molecule has 2 N–H and O–H groups in total. The van der Waals surface area contributed by atoms with Gasteiger partial charge in [-0.25, -0.2) is 9.67 Å². The van der Waals surface area contributed by atoms with Crippen LogP contribution in [0.2, 0.25) is 0 Å². The van der Waals surface area contributed by atoms with Crippen LogP contribution in [0.5, 0.6) is 5.88 Å². The number of anilines is 2. The molecular formula is C29H28F3N9O. The highest BCUT2D eigenvalue weighted by Crippen LogP contribution is 2.55. The van der Waals surface area contributed by atoms with E-state index < -0.39 is 17.8 Å². The Hall–Kier alpha value is -4.91. The van der Waals surface area contributed by atoms with Crippen LogP contribution in [0, 0.1) is 28.1 Å². The van der Waals surface area contributed by atoms with E-state index in [1.165, 1.54) is 25.7 Å². The molecule has 5 rings (SSSR count). The van der Waals surface area contributed by atoms with Crippen LogP contribution in [-0.4, -0.2) is 44.8 Å². The van der Waals surface area contributed by atoms with Gasteiger partial charge in [0.1, 0.15) is 23.9 Å². The maximum absolute atomic E-state index is 13.8. The van der Waals surface area contributed by atoms with E-state index in [4.69, 9.17) is 4.74 Å². The van der Waals surface area contributed by atoms with Gasteiger partial charge < -0.3 is 15.4 Å². The van der Waals surface area contributed by atoms with Crippen molar-refractivity contribution in [2.75, 3.05) is 24.3 Å². The predicted molar refractivity (Wildman–Crippen MR) is 149 cm³/mol. The lowest BCUT2D eigenvalue weighted by atomic mass is 9.96. The van der Waals surface area contributed by atoms with Crippen LogP contribution in [0.1, 0.15) is 62.0 Å². The van der Waals surface area contributed by atoms with Gasteiger partial charge in [0, 0.05) is 35.6 Å². The van der Waals surface area contributed by atoms with Crippen LogP contribution in [0.3, 0.4) is 0 Å². The molecule has 0 saturated heterocycles. The maximum Gasteiger partial charge on any atom is 0.413 e. The molecule has 0 radical (unpaired) electrons. The van der Waals surface area contributed by atoms with E-state index in [9.17, 15) is 23.7 Å². The van der Waals surface area contributed by atoms with E-state index in [1.54, 1.807) is 24.3 Å². The summed E-state index contributed by atoms with van der Waals surface area (Å²) in [5, 5.41) is 35.0. The molecule has 1 fully saturated rings. The number of nitrogens with zero attached hydrogens (tertiary/aromatic N) is 7. The molecule has 10 nitrogen and oxygen atoms in total. The molecule has 1 atom stereocenters. The quantitative estimate of drug-likeness (QED) is 0.272. The number of fused-ring (bicyclic) bond motifs is 1. The standard InChI is InChI=1S/C29H28F3N9O/c1-27(2,3)16-37-24-18(13-34)14-36-23-17(12-33)10-19(11-21(23)24)38-25(20-6-5-9-35-26(20)42-4)22-15-41(40-39-22)28(7-8-28)29(30,31)32/h5-6,9-11,14-15,25,38H,7-8,16H2,1-4H3,(H,36,37). The van der Waals surface area contributed by atoms with Gasteiger partial charge in [0.05, 0.1) is 35.6 Å². The molecule has 1 aliphatic carbocycles. The Morgan fingerprint density at radius 3 is 2.48 bits per heavy atom. The number of aromatic nitrogens is 5. The lowest BCUT2D eigenvalue weighted by molar-refractivity contribution is -0.182. The molecule has 4 aromatic rings. The first-order chi connectivity index (χ1) is 19.9. The Morgan fingerprint density at radius 1 is 1.12 bits per heavy atom. The normalized spacial score (nSPS) is 15.0. The van der Waals surface area contributed by atoms with Gasteiger partial charge in [0.2, 0.25) is 5.88 Å². The number of nitriles is 2. The molecule has 3 aromatic heterocycles. The molecule has 1 unspecified atom stereocenters. The first-order valence-electron chi connectivity index (χ1n) is 13.2.